The zero-order valence-corrected chi connectivity index (χ0v) is 8.43. The molecular formula is C11H12OS. The molecule has 0 N–H and O–H groups in total. The van der Waals surface area contributed by atoms with Crippen molar-refractivity contribution in [3.63, 3.8) is 0 Å². The smallest absolute Gasteiger partial charge is 0.119 e. The molecule has 0 fully saturated rings. The van der Waals surface area contributed by atoms with Crippen molar-refractivity contribution in [2.75, 3.05) is 12.4 Å². The van der Waals surface area contributed by atoms with Crippen LogP contribution in [0.1, 0.15) is 6.92 Å². The van der Waals surface area contributed by atoms with Crippen LogP contribution in [0, 0.1) is 12.3 Å². The van der Waals surface area contributed by atoms with E-state index >= 15 is 0 Å². The normalized spacial score (nSPS) is 9.23. The predicted molar refractivity (Wildman–Crippen MR) is 57.2 cm³/mol. The standard InChI is InChI=1S/C11H12OS/c1-3-9-13-11-7-5-10(6-8-11)12-4-2/h1,5-8H,4,9H2,2H3. The van der Waals surface area contributed by atoms with Crippen LogP contribution >= 0.6 is 11.8 Å². The molecule has 0 heterocycles. The van der Waals surface area contributed by atoms with Crippen molar-refractivity contribution in [1.29, 1.82) is 0 Å². The number of hydrogen-bond acceptors (Lipinski definition) is 2. The fourth-order valence-electron chi connectivity index (χ4n) is 0.924. The minimum atomic E-state index is 0.705. The molecule has 1 aromatic rings. The highest BCUT2D eigenvalue weighted by molar-refractivity contribution is 7.99. The molecule has 0 saturated carbocycles. The number of terminal acetylenes is 1. The minimum absolute atomic E-state index is 0.705. The molecule has 0 aliphatic rings. The third-order valence-corrected chi connectivity index (χ3v) is 2.37. The SMILES string of the molecule is C#CCSc1ccc(OCC)cc1. The van der Waals surface area contributed by atoms with Crippen molar-refractivity contribution in [3.8, 4) is 18.1 Å². The highest BCUT2D eigenvalue weighted by Crippen LogP contribution is 2.20. The molecule has 0 aliphatic heterocycles. The summed E-state index contributed by atoms with van der Waals surface area (Å²) in [4.78, 5) is 1.18. The van der Waals surface area contributed by atoms with Crippen molar-refractivity contribution in [3.05, 3.63) is 24.3 Å². The summed E-state index contributed by atoms with van der Waals surface area (Å²) in [6, 6.07) is 7.96. The van der Waals surface area contributed by atoms with Crippen LogP contribution in [-0.4, -0.2) is 12.4 Å². The van der Waals surface area contributed by atoms with Crippen molar-refractivity contribution in [2.45, 2.75) is 11.8 Å². The van der Waals surface area contributed by atoms with Crippen molar-refractivity contribution in [2.24, 2.45) is 0 Å². The Kier molecular flexibility index (Phi) is 4.28. The van der Waals surface area contributed by atoms with Gasteiger partial charge in [-0.1, -0.05) is 5.92 Å². The highest BCUT2D eigenvalue weighted by Gasteiger charge is 1.93. The van der Waals surface area contributed by atoms with Gasteiger partial charge in [-0.05, 0) is 31.2 Å². The summed E-state index contributed by atoms with van der Waals surface area (Å²) in [6.07, 6.45) is 5.16. The van der Waals surface area contributed by atoms with Crippen LogP contribution in [0.4, 0.5) is 0 Å². The van der Waals surface area contributed by atoms with E-state index in [1.54, 1.807) is 11.8 Å². The topological polar surface area (TPSA) is 9.23 Å². The minimum Gasteiger partial charge on any atom is -0.494 e. The Morgan fingerprint density at radius 1 is 1.38 bits per heavy atom. The zero-order chi connectivity index (χ0) is 9.52. The van der Waals surface area contributed by atoms with Crippen molar-refractivity contribution in [1.82, 2.24) is 0 Å². The first kappa shape index (κ1) is 10.0. The average molecular weight is 192 g/mol. The Morgan fingerprint density at radius 2 is 2.08 bits per heavy atom. The maximum atomic E-state index is 5.32. The highest BCUT2D eigenvalue weighted by atomic mass is 32.2. The average Bonchev–Trinajstić information content (AvgIpc) is 2.17. The molecule has 0 bridgehead atoms. The van der Waals surface area contributed by atoms with Gasteiger partial charge < -0.3 is 4.74 Å². The number of hydrogen-bond donors (Lipinski definition) is 0. The molecule has 0 amide bonds. The van der Waals surface area contributed by atoms with Crippen LogP contribution in [-0.2, 0) is 0 Å². The van der Waals surface area contributed by atoms with E-state index in [0.29, 0.717) is 12.4 Å². The summed E-state index contributed by atoms with van der Waals surface area (Å²) in [5.74, 6) is 4.21. The van der Waals surface area contributed by atoms with Gasteiger partial charge in [0.15, 0.2) is 0 Å². The van der Waals surface area contributed by atoms with Crippen LogP contribution in [0.25, 0.3) is 0 Å². The molecule has 0 atom stereocenters. The summed E-state index contributed by atoms with van der Waals surface area (Å²) in [5, 5.41) is 0. The second-order valence-electron chi connectivity index (χ2n) is 2.40. The molecule has 1 nitrogen and oxygen atoms in total. The van der Waals surface area contributed by atoms with Gasteiger partial charge in [0.1, 0.15) is 5.75 Å². The van der Waals surface area contributed by atoms with Gasteiger partial charge in [0.2, 0.25) is 0 Å². The lowest BCUT2D eigenvalue weighted by atomic mass is 10.3. The molecule has 1 aromatic carbocycles. The lowest BCUT2D eigenvalue weighted by Crippen LogP contribution is -1.90. The monoisotopic (exact) mass is 192 g/mol. The molecule has 0 aromatic heterocycles. The van der Waals surface area contributed by atoms with Crippen LogP contribution in [0.3, 0.4) is 0 Å². The van der Waals surface area contributed by atoms with E-state index in [0.717, 1.165) is 5.75 Å². The summed E-state index contributed by atoms with van der Waals surface area (Å²) in [6.45, 7) is 2.68. The maximum Gasteiger partial charge on any atom is 0.119 e. The molecule has 0 aliphatic carbocycles. The Bertz CT molecular complexity index is 284. The number of thioether (sulfide) groups is 1. The molecule has 0 spiro atoms. The van der Waals surface area contributed by atoms with Crippen molar-refractivity contribution < 1.29 is 4.74 Å². The predicted octanol–water partition coefficient (Wildman–Crippen LogP) is 2.81. The Morgan fingerprint density at radius 3 is 2.62 bits per heavy atom. The molecule has 13 heavy (non-hydrogen) atoms. The fraction of sp³-hybridized carbons (Fsp3) is 0.273. The number of benzene rings is 1. The molecule has 0 saturated heterocycles. The summed E-state index contributed by atoms with van der Waals surface area (Å²) in [5.41, 5.74) is 0. The zero-order valence-electron chi connectivity index (χ0n) is 7.62. The summed E-state index contributed by atoms with van der Waals surface area (Å²) in [7, 11) is 0. The Labute approximate surface area is 83.5 Å². The molecule has 2 heteroatoms. The molecular weight excluding hydrogens is 180 g/mol. The van der Waals surface area contributed by atoms with E-state index < -0.39 is 0 Å². The lowest BCUT2D eigenvalue weighted by Gasteiger charge is -2.03. The van der Waals surface area contributed by atoms with Crippen LogP contribution in [0.15, 0.2) is 29.2 Å². The number of rotatable bonds is 4. The van der Waals surface area contributed by atoms with Gasteiger partial charge >= 0.3 is 0 Å². The van der Waals surface area contributed by atoms with Gasteiger partial charge in [-0.3, -0.25) is 0 Å². The van der Waals surface area contributed by atoms with Crippen LogP contribution in [0.5, 0.6) is 5.75 Å². The molecule has 0 radical (unpaired) electrons. The summed E-state index contributed by atoms with van der Waals surface area (Å²) < 4.78 is 5.32. The lowest BCUT2D eigenvalue weighted by molar-refractivity contribution is 0.340. The van der Waals surface area contributed by atoms with Gasteiger partial charge in [0.25, 0.3) is 0 Å². The van der Waals surface area contributed by atoms with E-state index in [1.165, 1.54) is 4.90 Å². The Hall–Kier alpha value is -1.07. The third-order valence-electron chi connectivity index (χ3n) is 1.46. The largest absolute Gasteiger partial charge is 0.494 e. The quantitative estimate of drug-likeness (QED) is 0.536. The van der Waals surface area contributed by atoms with Gasteiger partial charge in [0, 0.05) is 4.90 Å². The van der Waals surface area contributed by atoms with Crippen LogP contribution in [0.2, 0.25) is 0 Å². The second kappa shape index (κ2) is 5.55. The first-order valence-electron chi connectivity index (χ1n) is 4.16. The fourth-order valence-corrected chi connectivity index (χ4v) is 1.50. The second-order valence-corrected chi connectivity index (χ2v) is 3.45. The van der Waals surface area contributed by atoms with Crippen LogP contribution < -0.4 is 4.74 Å². The first-order chi connectivity index (χ1) is 6.36. The third kappa shape index (κ3) is 3.43. The van der Waals surface area contributed by atoms with Gasteiger partial charge in [0.05, 0.1) is 12.4 Å². The van der Waals surface area contributed by atoms with E-state index in [2.05, 4.69) is 5.92 Å². The van der Waals surface area contributed by atoms with E-state index in [1.807, 2.05) is 31.2 Å². The van der Waals surface area contributed by atoms with Gasteiger partial charge in [-0.25, -0.2) is 0 Å². The number of ether oxygens (including phenoxy) is 1. The van der Waals surface area contributed by atoms with Gasteiger partial charge in [-0.15, -0.1) is 18.2 Å². The molecule has 0 unspecified atom stereocenters. The van der Waals surface area contributed by atoms with Gasteiger partial charge in [-0.2, -0.15) is 0 Å². The molecule has 1 rings (SSSR count). The van der Waals surface area contributed by atoms with E-state index in [-0.39, 0.29) is 0 Å². The Balaban J connectivity index is 2.54. The van der Waals surface area contributed by atoms with Crippen molar-refractivity contribution >= 4 is 11.8 Å². The van der Waals surface area contributed by atoms with E-state index in [9.17, 15) is 0 Å². The first-order valence-corrected chi connectivity index (χ1v) is 5.14. The maximum absolute atomic E-state index is 5.32. The molecule has 68 valence electrons. The summed E-state index contributed by atoms with van der Waals surface area (Å²) >= 11 is 1.66. The van der Waals surface area contributed by atoms with E-state index in [4.69, 9.17) is 11.2 Å².